The molecule has 0 saturated carbocycles. The van der Waals surface area contributed by atoms with Gasteiger partial charge < -0.3 is 15.4 Å². The Morgan fingerprint density at radius 1 is 1.44 bits per heavy atom. The summed E-state index contributed by atoms with van der Waals surface area (Å²) in [5, 5.41) is 6.13. The molecule has 1 aliphatic rings. The van der Waals surface area contributed by atoms with Crippen LogP contribution in [0.15, 0.2) is 18.3 Å². The monoisotopic (exact) mass is 249 g/mol. The zero-order chi connectivity index (χ0) is 12.8. The zero-order valence-electron chi connectivity index (χ0n) is 10.6. The normalized spacial score (nSPS) is 16.3. The maximum atomic E-state index is 11.9. The van der Waals surface area contributed by atoms with E-state index in [0.717, 1.165) is 38.3 Å². The third kappa shape index (κ3) is 3.43. The van der Waals surface area contributed by atoms with Crippen molar-refractivity contribution < 1.29 is 9.53 Å². The Kier molecular flexibility index (Phi) is 4.52. The minimum atomic E-state index is -0.107. The summed E-state index contributed by atoms with van der Waals surface area (Å²) in [7, 11) is 0. The van der Waals surface area contributed by atoms with Crippen LogP contribution >= 0.6 is 0 Å². The van der Waals surface area contributed by atoms with E-state index in [0.29, 0.717) is 5.69 Å². The first-order chi connectivity index (χ1) is 8.79. The number of anilines is 1. The number of hydrogen-bond acceptors (Lipinski definition) is 4. The van der Waals surface area contributed by atoms with Crippen molar-refractivity contribution in [1.82, 2.24) is 10.3 Å². The highest BCUT2D eigenvalue weighted by molar-refractivity contribution is 5.92. The fourth-order valence-electron chi connectivity index (χ4n) is 1.94. The predicted octanol–water partition coefficient (Wildman–Crippen LogP) is 1.42. The van der Waals surface area contributed by atoms with E-state index in [4.69, 9.17) is 4.74 Å². The molecule has 2 rings (SSSR count). The first kappa shape index (κ1) is 12.8. The summed E-state index contributed by atoms with van der Waals surface area (Å²) in [6.45, 7) is 4.30. The van der Waals surface area contributed by atoms with Crippen molar-refractivity contribution in [2.45, 2.75) is 25.8 Å². The fraction of sp³-hybridized carbons (Fsp3) is 0.538. The van der Waals surface area contributed by atoms with Gasteiger partial charge in [0.05, 0.1) is 11.9 Å². The first-order valence-corrected chi connectivity index (χ1v) is 6.38. The minimum absolute atomic E-state index is 0.107. The molecular formula is C13H19N3O2. The molecule has 5 heteroatoms. The van der Waals surface area contributed by atoms with E-state index in [1.54, 1.807) is 12.3 Å². The average Bonchev–Trinajstić information content (AvgIpc) is 2.41. The number of hydrogen-bond donors (Lipinski definition) is 2. The van der Waals surface area contributed by atoms with Gasteiger partial charge in [-0.25, -0.2) is 4.98 Å². The van der Waals surface area contributed by atoms with E-state index in [1.165, 1.54) is 0 Å². The quantitative estimate of drug-likeness (QED) is 0.847. The van der Waals surface area contributed by atoms with Gasteiger partial charge in [-0.05, 0) is 31.9 Å². The molecule has 1 amide bonds. The number of amides is 1. The summed E-state index contributed by atoms with van der Waals surface area (Å²) in [5.41, 5.74) is 1.39. The molecule has 1 aromatic rings. The lowest BCUT2D eigenvalue weighted by molar-refractivity contribution is 0.0694. The molecule has 0 bridgehead atoms. The molecule has 2 N–H and O–H groups in total. The highest BCUT2D eigenvalue weighted by atomic mass is 16.5. The molecule has 0 unspecified atom stereocenters. The Hall–Kier alpha value is -1.62. The van der Waals surface area contributed by atoms with Gasteiger partial charge in [-0.2, -0.15) is 0 Å². The summed E-state index contributed by atoms with van der Waals surface area (Å²) < 4.78 is 5.25. The Morgan fingerprint density at radius 3 is 2.83 bits per heavy atom. The summed E-state index contributed by atoms with van der Waals surface area (Å²) in [6.07, 6.45) is 3.44. The van der Waals surface area contributed by atoms with Crippen LogP contribution < -0.4 is 10.6 Å². The van der Waals surface area contributed by atoms with Crippen LogP contribution in [0.2, 0.25) is 0 Å². The molecule has 18 heavy (non-hydrogen) atoms. The first-order valence-electron chi connectivity index (χ1n) is 6.38. The van der Waals surface area contributed by atoms with Crippen LogP contribution in [0.5, 0.6) is 0 Å². The number of pyridine rings is 1. The second kappa shape index (κ2) is 6.35. The molecule has 0 atom stereocenters. The van der Waals surface area contributed by atoms with Crippen molar-refractivity contribution in [2.75, 3.05) is 25.1 Å². The molecule has 2 heterocycles. The Bertz CT molecular complexity index is 386. The van der Waals surface area contributed by atoms with E-state index in [9.17, 15) is 4.79 Å². The maximum absolute atomic E-state index is 11.9. The number of ether oxygens (including phenoxy) is 1. The van der Waals surface area contributed by atoms with E-state index in [-0.39, 0.29) is 11.9 Å². The van der Waals surface area contributed by atoms with Crippen LogP contribution in [-0.2, 0) is 4.74 Å². The minimum Gasteiger partial charge on any atom is -0.384 e. The maximum Gasteiger partial charge on any atom is 0.270 e. The zero-order valence-corrected chi connectivity index (χ0v) is 10.6. The van der Waals surface area contributed by atoms with Crippen molar-refractivity contribution >= 4 is 11.6 Å². The lowest BCUT2D eigenvalue weighted by Gasteiger charge is -2.22. The van der Waals surface area contributed by atoms with Crippen LogP contribution in [0, 0.1) is 0 Å². The van der Waals surface area contributed by atoms with Crippen LogP contribution in [0.3, 0.4) is 0 Å². The lowest BCUT2D eigenvalue weighted by atomic mass is 10.1. The number of nitrogens with zero attached hydrogens (tertiary/aromatic N) is 1. The van der Waals surface area contributed by atoms with Gasteiger partial charge in [0.15, 0.2) is 0 Å². The van der Waals surface area contributed by atoms with E-state index < -0.39 is 0 Å². The number of carbonyl (C=O) groups is 1. The second-order valence-corrected chi connectivity index (χ2v) is 4.32. The summed E-state index contributed by atoms with van der Waals surface area (Å²) in [5.74, 6) is -0.107. The summed E-state index contributed by atoms with van der Waals surface area (Å²) in [4.78, 5) is 16.1. The number of carbonyl (C=O) groups excluding carboxylic acids is 1. The molecule has 98 valence electrons. The average molecular weight is 249 g/mol. The number of nitrogens with one attached hydrogen (secondary N) is 2. The van der Waals surface area contributed by atoms with Gasteiger partial charge in [-0.1, -0.05) is 0 Å². The van der Waals surface area contributed by atoms with Gasteiger partial charge in [0, 0.05) is 25.8 Å². The summed E-state index contributed by atoms with van der Waals surface area (Å²) >= 11 is 0. The van der Waals surface area contributed by atoms with E-state index in [1.807, 2.05) is 13.0 Å². The number of rotatable bonds is 4. The van der Waals surface area contributed by atoms with Crippen LogP contribution in [0.25, 0.3) is 0 Å². The van der Waals surface area contributed by atoms with Crippen molar-refractivity contribution in [2.24, 2.45) is 0 Å². The van der Waals surface area contributed by atoms with Crippen molar-refractivity contribution in [1.29, 1.82) is 0 Å². The Balaban J connectivity index is 1.91. The third-order valence-electron chi connectivity index (χ3n) is 2.93. The molecule has 0 radical (unpaired) electrons. The molecule has 5 nitrogen and oxygen atoms in total. The van der Waals surface area contributed by atoms with Gasteiger partial charge in [-0.15, -0.1) is 0 Å². The van der Waals surface area contributed by atoms with E-state index >= 15 is 0 Å². The molecule has 0 aromatic carbocycles. The van der Waals surface area contributed by atoms with E-state index in [2.05, 4.69) is 15.6 Å². The van der Waals surface area contributed by atoms with Gasteiger partial charge in [-0.3, -0.25) is 4.79 Å². The lowest BCUT2D eigenvalue weighted by Crippen LogP contribution is -2.39. The third-order valence-corrected chi connectivity index (χ3v) is 2.93. The molecule has 0 spiro atoms. The predicted molar refractivity (Wildman–Crippen MR) is 69.7 cm³/mol. The van der Waals surface area contributed by atoms with Gasteiger partial charge >= 0.3 is 0 Å². The Morgan fingerprint density at radius 2 is 2.22 bits per heavy atom. The topological polar surface area (TPSA) is 63.2 Å². The van der Waals surface area contributed by atoms with Gasteiger partial charge in [0.1, 0.15) is 5.69 Å². The SMILES string of the molecule is CCNc1ccc(C(=O)NC2CCOCC2)nc1. The highest BCUT2D eigenvalue weighted by Gasteiger charge is 2.17. The van der Waals surface area contributed by atoms with Crippen LogP contribution in [0.4, 0.5) is 5.69 Å². The Labute approximate surface area is 107 Å². The van der Waals surface area contributed by atoms with Crippen LogP contribution in [-0.4, -0.2) is 36.7 Å². The molecule has 1 aromatic heterocycles. The van der Waals surface area contributed by atoms with Crippen molar-refractivity contribution in [3.8, 4) is 0 Å². The number of aromatic nitrogens is 1. The smallest absolute Gasteiger partial charge is 0.270 e. The summed E-state index contributed by atoms with van der Waals surface area (Å²) in [6, 6.07) is 3.82. The largest absolute Gasteiger partial charge is 0.384 e. The molecule has 1 aliphatic heterocycles. The van der Waals surface area contributed by atoms with Crippen molar-refractivity contribution in [3.05, 3.63) is 24.0 Å². The van der Waals surface area contributed by atoms with Crippen molar-refractivity contribution in [3.63, 3.8) is 0 Å². The highest BCUT2D eigenvalue weighted by Crippen LogP contribution is 2.09. The molecule has 0 aliphatic carbocycles. The van der Waals surface area contributed by atoms with Crippen LogP contribution in [0.1, 0.15) is 30.3 Å². The fourth-order valence-corrected chi connectivity index (χ4v) is 1.94. The molecular weight excluding hydrogens is 230 g/mol. The van der Waals surface area contributed by atoms with Gasteiger partial charge in [0.25, 0.3) is 5.91 Å². The second-order valence-electron chi connectivity index (χ2n) is 4.32. The molecule has 1 fully saturated rings. The standard InChI is InChI=1S/C13H19N3O2/c1-2-14-11-3-4-12(15-9-11)13(17)16-10-5-7-18-8-6-10/h3-4,9-10,14H,2,5-8H2,1H3,(H,16,17). The molecule has 1 saturated heterocycles. The van der Waals surface area contributed by atoms with Gasteiger partial charge in [0.2, 0.25) is 0 Å².